The van der Waals surface area contributed by atoms with Gasteiger partial charge in [-0.05, 0) is 12.1 Å². The number of nitrogens with zero attached hydrogens (tertiary/aromatic N) is 2. The first-order chi connectivity index (χ1) is 8.83. The first kappa shape index (κ1) is 10.9. The number of H-pyrrole nitrogens is 1. The zero-order valence-electron chi connectivity index (χ0n) is 9.38. The number of rotatable bonds is 3. The second-order valence-corrected chi connectivity index (χ2v) is 4.61. The van der Waals surface area contributed by atoms with Gasteiger partial charge in [-0.25, -0.2) is 9.97 Å². The standard InChI is InChI=1S/C12H10N4OS/c17-12-16-8(6-18-12)5-13-11-9-3-1-2-4-10(9)14-7-15-11/h1-4,6-7H,5H2,(H,16,17)(H,13,14,15). The molecule has 1 aromatic carbocycles. The molecule has 2 N–H and O–H groups in total. The quantitative estimate of drug-likeness (QED) is 0.753. The predicted molar refractivity (Wildman–Crippen MR) is 71.8 cm³/mol. The largest absolute Gasteiger partial charge is 0.364 e. The van der Waals surface area contributed by atoms with Gasteiger partial charge < -0.3 is 10.3 Å². The van der Waals surface area contributed by atoms with E-state index in [0.29, 0.717) is 6.54 Å². The van der Waals surface area contributed by atoms with E-state index >= 15 is 0 Å². The third-order valence-electron chi connectivity index (χ3n) is 2.56. The van der Waals surface area contributed by atoms with Crippen LogP contribution in [0.3, 0.4) is 0 Å². The maximum Gasteiger partial charge on any atom is 0.304 e. The van der Waals surface area contributed by atoms with Crippen LogP contribution in [0, 0.1) is 0 Å². The monoisotopic (exact) mass is 258 g/mol. The molecule has 2 aromatic heterocycles. The summed E-state index contributed by atoms with van der Waals surface area (Å²) < 4.78 is 0. The molecule has 0 aliphatic carbocycles. The van der Waals surface area contributed by atoms with Crippen molar-refractivity contribution < 1.29 is 0 Å². The third-order valence-corrected chi connectivity index (χ3v) is 3.28. The van der Waals surface area contributed by atoms with Gasteiger partial charge in [0, 0.05) is 16.5 Å². The van der Waals surface area contributed by atoms with E-state index in [1.165, 1.54) is 6.33 Å². The number of benzene rings is 1. The minimum atomic E-state index is -0.0423. The number of para-hydroxylation sites is 1. The highest BCUT2D eigenvalue weighted by atomic mass is 32.1. The lowest BCUT2D eigenvalue weighted by atomic mass is 10.2. The average molecular weight is 258 g/mol. The molecule has 0 spiro atoms. The fourth-order valence-electron chi connectivity index (χ4n) is 1.73. The lowest BCUT2D eigenvalue weighted by Gasteiger charge is -2.06. The molecule has 2 heterocycles. The van der Waals surface area contributed by atoms with Gasteiger partial charge in [-0.3, -0.25) is 4.79 Å². The van der Waals surface area contributed by atoms with Crippen molar-refractivity contribution in [2.75, 3.05) is 5.32 Å². The highest BCUT2D eigenvalue weighted by molar-refractivity contribution is 7.07. The molecule has 0 aliphatic rings. The van der Waals surface area contributed by atoms with Crippen LogP contribution in [-0.4, -0.2) is 15.0 Å². The Morgan fingerprint density at radius 3 is 3.00 bits per heavy atom. The summed E-state index contributed by atoms with van der Waals surface area (Å²) in [5.74, 6) is 0.771. The number of hydrogen-bond donors (Lipinski definition) is 2. The van der Waals surface area contributed by atoms with E-state index in [4.69, 9.17) is 0 Å². The van der Waals surface area contributed by atoms with Crippen molar-refractivity contribution in [1.82, 2.24) is 15.0 Å². The third kappa shape index (κ3) is 2.10. The summed E-state index contributed by atoms with van der Waals surface area (Å²) in [5, 5.41) is 5.98. The summed E-state index contributed by atoms with van der Waals surface area (Å²) in [6, 6.07) is 7.79. The Kier molecular flexibility index (Phi) is 2.77. The van der Waals surface area contributed by atoms with E-state index in [9.17, 15) is 4.79 Å². The van der Waals surface area contributed by atoms with Crippen molar-refractivity contribution in [3.8, 4) is 0 Å². The second-order valence-electron chi connectivity index (χ2n) is 3.77. The molecule has 0 bridgehead atoms. The molecule has 0 radical (unpaired) electrons. The maximum atomic E-state index is 11.0. The molecule has 0 aliphatic heterocycles. The van der Waals surface area contributed by atoms with E-state index in [-0.39, 0.29) is 4.87 Å². The Hall–Kier alpha value is -2.21. The number of anilines is 1. The van der Waals surface area contributed by atoms with Gasteiger partial charge in [0.05, 0.1) is 12.1 Å². The van der Waals surface area contributed by atoms with Crippen LogP contribution in [0.4, 0.5) is 5.82 Å². The Morgan fingerprint density at radius 1 is 1.28 bits per heavy atom. The summed E-state index contributed by atoms with van der Waals surface area (Å²) in [7, 11) is 0. The highest BCUT2D eigenvalue weighted by Crippen LogP contribution is 2.18. The van der Waals surface area contributed by atoms with E-state index in [1.54, 1.807) is 5.38 Å². The number of hydrogen-bond acceptors (Lipinski definition) is 5. The molecule has 0 fully saturated rings. The lowest BCUT2D eigenvalue weighted by Crippen LogP contribution is -2.04. The molecule has 5 nitrogen and oxygen atoms in total. The van der Waals surface area contributed by atoms with Crippen LogP contribution in [0.25, 0.3) is 10.9 Å². The maximum absolute atomic E-state index is 11.0. The molecule has 6 heteroatoms. The van der Waals surface area contributed by atoms with Crippen LogP contribution < -0.4 is 10.2 Å². The van der Waals surface area contributed by atoms with Crippen LogP contribution in [0.5, 0.6) is 0 Å². The van der Waals surface area contributed by atoms with E-state index < -0.39 is 0 Å². The zero-order chi connectivity index (χ0) is 12.4. The Morgan fingerprint density at radius 2 is 2.17 bits per heavy atom. The Labute approximate surface area is 107 Å². The number of fused-ring (bicyclic) bond motifs is 1. The van der Waals surface area contributed by atoms with Crippen molar-refractivity contribution >= 4 is 28.1 Å². The minimum absolute atomic E-state index is 0.0423. The van der Waals surface area contributed by atoms with Crippen molar-refractivity contribution in [3.05, 3.63) is 51.3 Å². The van der Waals surface area contributed by atoms with Gasteiger partial charge in [0.1, 0.15) is 12.1 Å². The fraction of sp³-hybridized carbons (Fsp3) is 0.0833. The Balaban J connectivity index is 1.88. The molecule has 18 heavy (non-hydrogen) atoms. The average Bonchev–Trinajstić information content (AvgIpc) is 2.82. The van der Waals surface area contributed by atoms with Gasteiger partial charge in [0.2, 0.25) is 0 Å². The Bertz CT molecular complexity index is 729. The van der Waals surface area contributed by atoms with Gasteiger partial charge in [-0.2, -0.15) is 0 Å². The molecule has 90 valence electrons. The number of thiazole rings is 1. The summed E-state index contributed by atoms with van der Waals surface area (Å²) >= 11 is 1.16. The van der Waals surface area contributed by atoms with Crippen LogP contribution in [0.1, 0.15) is 5.69 Å². The highest BCUT2D eigenvalue weighted by Gasteiger charge is 2.03. The van der Waals surface area contributed by atoms with Gasteiger partial charge in [0.15, 0.2) is 0 Å². The lowest BCUT2D eigenvalue weighted by molar-refractivity contribution is 1.04. The van der Waals surface area contributed by atoms with E-state index in [1.807, 2.05) is 24.3 Å². The molecule has 0 saturated heterocycles. The van der Waals surface area contributed by atoms with Crippen LogP contribution in [0.15, 0.2) is 40.8 Å². The second kappa shape index (κ2) is 4.58. The van der Waals surface area contributed by atoms with Crippen molar-refractivity contribution in [2.24, 2.45) is 0 Å². The summed E-state index contributed by atoms with van der Waals surface area (Å²) in [5.41, 5.74) is 1.75. The van der Waals surface area contributed by atoms with E-state index in [0.717, 1.165) is 33.8 Å². The smallest absolute Gasteiger partial charge is 0.304 e. The molecular formula is C12H10N4OS. The first-order valence-electron chi connectivity index (χ1n) is 5.43. The van der Waals surface area contributed by atoms with Crippen LogP contribution in [0.2, 0.25) is 0 Å². The van der Waals surface area contributed by atoms with Gasteiger partial charge in [-0.1, -0.05) is 23.5 Å². The zero-order valence-corrected chi connectivity index (χ0v) is 10.2. The van der Waals surface area contributed by atoms with Crippen molar-refractivity contribution in [1.29, 1.82) is 0 Å². The number of aromatic amines is 1. The molecule has 3 aromatic rings. The molecular weight excluding hydrogens is 248 g/mol. The molecule has 0 saturated carbocycles. The van der Waals surface area contributed by atoms with Crippen LogP contribution >= 0.6 is 11.3 Å². The van der Waals surface area contributed by atoms with Gasteiger partial charge >= 0.3 is 4.87 Å². The van der Waals surface area contributed by atoms with Crippen molar-refractivity contribution in [3.63, 3.8) is 0 Å². The fourth-order valence-corrected chi connectivity index (χ4v) is 2.31. The normalized spacial score (nSPS) is 10.7. The van der Waals surface area contributed by atoms with Crippen molar-refractivity contribution in [2.45, 2.75) is 6.54 Å². The van der Waals surface area contributed by atoms with Gasteiger partial charge in [0.25, 0.3) is 0 Å². The summed E-state index contributed by atoms with van der Waals surface area (Å²) in [4.78, 5) is 22.1. The van der Waals surface area contributed by atoms with Crippen LogP contribution in [-0.2, 0) is 6.54 Å². The molecule has 3 rings (SSSR count). The van der Waals surface area contributed by atoms with Gasteiger partial charge in [-0.15, -0.1) is 0 Å². The number of nitrogens with one attached hydrogen (secondary N) is 2. The molecule has 0 atom stereocenters. The topological polar surface area (TPSA) is 70.7 Å². The van der Waals surface area contributed by atoms with E-state index in [2.05, 4.69) is 20.3 Å². The molecule has 0 amide bonds. The SMILES string of the molecule is O=c1[nH]c(CNc2ncnc3ccccc23)cs1. The first-order valence-corrected chi connectivity index (χ1v) is 6.31. The minimum Gasteiger partial charge on any atom is -0.364 e. The predicted octanol–water partition coefficient (Wildman–Crippen LogP) is 1.99. The summed E-state index contributed by atoms with van der Waals surface area (Å²) in [6.07, 6.45) is 1.53. The molecule has 0 unspecified atom stereocenters. The summed E-state index contributed by atoms with van der Waals surface area (Å²) in [6.45, 7) is 0.541. The number of aromatic nitrogens is 3.